The van der Waals surface area contributed by atoms with E-state index in [-0.39, 0.29) is 31.1 Å². The Labute approximate surface area is 307 Å². The van der Waals surface area contributed by atoms with Crippen molar-refractivity contribution in [3.05, 3.63) is 48.6 Å². The largest absolute Gasteiger partial charge is 0.462 e. The van der Waals surface area contributed by atoms with Gasteiger partial charge in [-0.25, -0.2) is 0 Å². The van der Waals surface area contributed by atoms with Gasteiger partial charge in [-0.05, 0) is 57.8 Å². The van der Waals surface area contributed by atoms with Crippen molar-refractivity contribution < 1.29 is 28.6 Å². The molecule has 0 aromatic carbocycles. The Morgan fingerprint density at radius 1 is 0.420 bits per heavy atom. The molecule has 0 spiro atoms. The maximum atomic E-state index is 12.5. The molecule has 1 atom stereocenters. The van der Waals surface area contributed by atoms with Gasteiger partial charge in [-0.15, -0.1) is 0 Å². The summed E-state index contributed by atoms with van der Waals surface area (Å²) in [5.41, 5.74) is 0. The highest BCUT2D eigenvalue weighted by Gasteiger charge is 2.19. The smallest absolute Gasteiger partial charge is 0.306 e. The highest BCUT2D eigenvalue weighted by atomic mass is 16.6. The summed E-state index contributed by atoms with van der Waals surface area (Å²) in [5.74, 6) is -0.914. The minimum atomic E-state index is -0.769. The van der Waals surface area contributed by atoms with Gasteiger partial charge in [0.1, 0.15) is 13.2 Å². The quantitative estimate of drug-likeness (QED) is 0.0280. The van der Waals surface area contributed by atoms with Crippen molar-refractivity contribution in [3.8, 4) is 0 Å². The zero-order chi connectivity index (χ0) is 36.6. The van der Waals surface area contributed by atoms with E-state index in [4.69, 9.17) is 14.2 Å². The number of ether oxygens (including phenoxy) is 3. The van der Waals surface area contributed by atoms with Crippen LogP contribution in [0, 0.1) is 0 Å². The lowest BCUT2D eigenvalue weighted by atomic mass is 10.1. The van der Waals surface area contributed by atoms with Gasteiger partial charge in [0.15, 0.2) is 6.10 Å². The standard InChI is InChI=1S/C44H76O6/c1-4-7-10-13-16-17-18-19-20-21-22-23-24-25-26-27-29-31-34-37-43(46)49-40-41(39-48-42(45)36-33-30-15-12-9-6-3)50-44(47)38-35-32-28-14-11-8-5-2/h7,10,16-17,19-20,22-23,41H,4-6,8-9,11-15,18,21,24-40H2,1-3H3/b10-7-,17-16-,20-19-,23-22-. The second-order valence-corrected chi connectivity index (χ2v) is 13.5. The monoisotopic (exact) mass is 701 g/mol. The molecule has 0 aromatic rings. The van der Waals surface area contributed by atoms with Gasteiger partial charge >= 0.3 is 17.9 Å². The van der Waals surface area contributed by atoms with Crippen molar-refractivity contribution in [1.82, 2.24) is 0 Å². The maximum absolute atomic E-state index is 12.5. The van der Waals surface area contributed by atoms with Crippen LogP contribution in [0.25, 0.3) is 0 Å². The van der Waals surface area contributed by atoms with Crippen LogP contribution in [0.1, 0.15) is 194 Å². The van der Waals surface area contributed by atoms with Crippen LogP contribution in [-0.4, -0.2) is 37.2 Å². The second-order valence-electron chi connectivity index (χ2n) is 13.5. The average Bonchev–Trinajstić information content (AvgIpc) is 3.11. The molecule has 1 unspecified atom stereocenters. The van der Waals surface area contributed by atoms with E-state index in [0.29, 0.717) is 19.3 Å². The minimum absolute atomic E-state index is 0.0778. The van der Waals surface area contributed by atoms with E-state index in [2.05, 4.69) is 69.4 Å². The number of carbonyl (C=O) groups is 3. The van der Waals surface area contributed by atoms with Gasteiger partial charge < -0.3 is 14.2 Å². The lowest BCUT2D eigenvalue weighted by Crippen LogP contribution is -2.30. The summed E-state index contributed by atoms with van der Waals surface area (Å²) in [6.45, 7) is 6.38. The van der Waals surface area contributed by atoms with Crippen LogP contribution < -0.4 is 0 Å². The van der Waals surface area contributed by atoms with Gasteiger partial charge in [-0.3, -0.25) is 14.4 Å². The molecule has 50 heavy (non-hydrogen) atoms. The maximum Gasteiger partial charge on any atom is 0.306 e. The first-order valence-electron chi connectivity index (χ1n) is 20.6. The van der Waals surface area contributed by atoms with Gasteiger partial charge in [0.25, 0.3) is 0 Å². The Morgan fingerprint density at radius 3 is 1.22 bits per heavy atom. The second kappa shape index (κ2) is 39.2. The summed E-state index contributed by atoms with van der Waals surface area (Å²) in [6, 6.07) is 0. The Hall–Kier alpha value is -2.63. The van der Waals surface area contributed by atoms with Crippen LogP contribution in [0.5, 0.6) is 0 Å². The Morgan fingerprint density at radius 2 is 0.780 bits per heavy atom. The molecule has 0 bridgehead atoms. The zero-order valence-electron chi connectivity index (χ0n) is 32.7. The fourth-order valence-corrected chi connectivity index (χ4v) is 5.49. The molecule has 0 heterocycles. The molecule has 0 radical (unpaired) electrons. The Balaban J connectivity index is 4.20. The lowest BCUT2D eigenvalue weighted by molar-refractivity contribution is -0.167. The van der Waals surface area contributed by atoms with Crippen LogP contribution in [0.2, 0.25) is 0 Å². The lowest BCUT2D eigenvalue weighted by Gasteiger charge is -2.18. The summed E-state index contributed by atoms with van der Waals surface area (Å²) in [6.07, 6.45) is 44.1. The molecule has 0 saturated carbocycles. The van der Waals surface area contributed by atoms with Crippen molar-refractivity contribution in [2.75, 3.05) is 13.2 Å². The molecule has 288 valence electrons. The molecular weight excluding hydrogens is 624 g/mol. The Bertz CT molecular complexity index is 902. The van der Waals surface area contributed by atoms with Crippen LogP contribution in [-0.2, 0) is 28.6 Å². The number of hydrogen-bond donors (Lipinski definition) is 0. The van der Waals surface area contributed by atoms with E-state index in [1.165, 1.54) is 64.2 Å². The van der Waals surface area contributed by atoms with Gasteiger partial charge in [0, 0.05) is 19.3 Å². The van der Waals surface area contributed by atoms with Gasteiger partial charge in [-0.1, -0.05) is 166 Å². The molecule has 0 saturated heterocycles. The van der Waals surface area contributed by atoms with E-state index >= 15 is 0 Å². The summed E-state index contributed by atoms with van der Waals surface area (Å²) in [5, 5.41) is 0. The highest BCUT2D eigenvalue weighted by molar-refractivity contribution is 5.71. The van der Waals surface area contributed by atoms with E-state index in [1.54, 1.807) is 0 Å². The van der Waals surface area contributed by atoms with Crippen molar-refractivity contribution in [2.45, 2.75) is 200 Å². The average molecular weight is 701 g/mol. The fraction of sp³-hybridized carbons (Fsp3) is 0.750. The number of hydrogen-bond acceptors (Lipinski definition) is 6. The number of allylic oxidation sites excluding steroid dienone is 8. The van der Waals surface area contributed by atoms with Crippen LogP contribution in [0.15, 0.2) is 48.6 Å². The van der Waals surface area contributed by atoms with Crippen molar-refractivity contribution >= 4 is 17.9 Å². The highest BCUT2D eigenvalue weighted by Crippen LogP contribution is 2.13. The van der Waals surface area contributed by atoms with E-state index < -0.39 is 6.10 Å². The van der Waals surface area contributed by atoms with Gasteiger partial charge in [0.05, 0.1) is 0 Å². The predicted octanol–water partition coefficient (Wildman–Crippen LogP) is 12.8. The number of rotatable bonds is 36. The van der Waals surface area contributed by atoms with Crippen molar-refractivity contribution in [2.24, 2.45) is 0 Å². The van der Waals surface area contributed by atoms with E-state index in [0.717, 1.165) is 89.9 Å². The molecule has 0 aliphatic rings. The molecule has 6 heteroatoms. The van der Waals surface area contributed by atoms with E-state index in [9.17, 15) is 14.4 Å². The first kappa shape index (κ1) is 47.4. The first-order valence-corrected chi connectivity index (χ1v) is 20.6. The molecular formula is C44H76O6. The SMILES string of the molecule is CC/C=C\C/C=C\C/C=C\C/C=C\CCCCCCCCC(=O)OCC(COC(=O)CCCCCCCC)OC(=O)CCCCCCCCC. The first-order chi connectivity index (χ1) is 24.5. The van der Waals surface area contributed by atoms with Crippen molar-refractivity contribution in [1.29, 1.82) is 0 Å². The molecule has 6 nitrogen and oxygen atoms in total. The fourth-order valence-electron chi connectivity index (χ4n) is 5.49. The van der Waals surface area contributed by atoms with E-state index in [1.807, 2.05) is 0 Å². The topological polar surface area (TPSA) is 78.9 Å². The van der Waals surface area contributed by atoms with Crippen LogP contribution in [0.3, 0.4) is 0 Å². The van der Waals surface area contributed by atoms with Gasteiger partial charge in [-0.2, -0.15) is 0 Å². The molecule has 0 N–H and O–H groups in total. The molecule has 0 rings (SSSR count). The number of unbranched alkanes of at least 4 members (excludes halogenated alkanes) is 17. The molecule has 0 aliphatic heterocycles. The van der Waals surface area contributed by atoms with Crippen LogP contribution >= 0.6 is 0 Å². The molecule has 0 amide bonds. The summed E-state index contributed by atoms with van der Waals surface area (Å²) in [7, 11) is 0. The summed E-state index contributed by atoms with van der Waals surface area (Å²) < 4.78 is 16.5. The normalized spacial score (nSPS) is 12.5. The minimum Gasteiger partial charge on any atom is -0.462 e. The molecule has 0 aromatic heterocycles. The van der Waals surface area contributed by atoms with Crippen LogP contribution in [0.4, 0.5) is 0 Å². The summed E-state index contributed by atoms with van der Waals surface area (Å²) in [4.78, 5) is 37.3. The number of carbonyl (C=O) groups excluding carboxylic acids is 3. The zero-order valence-corrected chi connectivity index (χ0v) is 32.7. The Kier molecular flexibility index (Phi) is 37.1. The third-order valence-corrected chi connectivity index (χ3v) is 8.60. The third-order valence-electron chi connectivity index (χ3n) is 8.60. The predicted molar refractivity (Wildman–Crippen MR) is 210 cm³/mol. The number of esters is 3. The summed E-state index contributed by atoms with van der Waals surface area (Å²) >= 11 is 0. The van der Waals surface area contributed by atoms with Gasteiger partial charge in [0.2, 0.25) is 0 Å². The molecule has 0 fully saturated rings. The molecule has 0 aliphatic carbocycles. The van der Waals surface area contributed by atoms with Crippen molar-refractivity contribution in [3.63, 3.8) is 0 Å². The third kappa shape index (κ3) is 36.6.